The van der Waals surface area contributed by atoms with Gasteiger partial charge in [0.05, 0.1) is 5.38 Å². The van der Waals surface area contributed by atoms with E-state index >= 15 is 0 Å². The molecule has 104 valence electrons. The Labute approximate surface area is 126 Å². The molecule has 2 aromatic rings. The molecule has 2 atom stereocenters. The van der Waals surface area contributed by atoms with Crippen LogP contribution >= 0.6 is 11.6 Å². The lowest BCUT2D eigenvalue weighted by Crippen LogP contribution is -2.27. The largest absolute Gasteiger partial charge is 0.309 e. The predicted molar refractivity (Wildman–Crippen MR) is 85.3 cm³/mol. The summed E-state index contributed by atoms with van der Waals surface area (Å²) < 4.78 is 0. The van der Waals surface area contributed by atoms with Crippen LogP contribution in [-0.4, -0.2) is 11.9 Å². The van der Waals surface area contributed by atoms with Crippen molar-refractivity contribution in [3.05, 3.63) is 71.3 Å². The lowest BCUT2D eigenvalue weighted by atomic mass is 10.1. The standard InChI is InChI=1S/C18H20ClN/c19-17-13-15-10-4-5-11-16(15)18(17)20-12-6-9-14-7-2-1-3-8-14/h1-5,7-8,10-11,17-18,20H,6,9,12-13H2. The van der Waals surface area contributed by atoms with Crippen LogP contribution < -0.4 is 5.32 Å². The highest BCUT2D eigenvalue weighted by atomic mass is 35.5. The van der Waals surface area contributed by atoms with Gasteiger partial charge in [0.15, 0.2) is 0 Å². The van der Waals surface area contributed by atoms with E-state index in [1.807, 2.05) is 0 Å². The molecule has 0 saturated heterocycles. The minimum atomic E-state index is 0.184. The van der Waals surface area contributed by atoms with Crippen LogP contribution in [0, 0.1) is 0 Å². The minimum Gasteiger partial charge on any atom is -0.309 e. The lowest BCUT2D eigenvalue weighted by molar-refractivity contribution is 0.525. The van der Waals surface area contributed by atoms with Crippen LogP contribution in [0.2, 0.25) is 0 Å². The summed E-state index contributed by atoms with van der Waals surface area (Å²) in [4.78, 5) is 0. The Balaban J connectivity index is 1.52. The van der Waals surface area contributed by atoms with Gasteiger partial charge in [-0.05, 0) is 42.5 Å². The first-order valence-electron chi connectivity index (χ1n) is 7.34. The van der Waals surface area contributed by atoms with Crippen molar-refractivity contribution in [1.29, 1.82) is 0 Å². The fraction of sp³-hybridized carbons (Fsp3) is 0.333. The van der Waals surface area contributed by atoms with Gasteiger partial charge in [0.25, 0.3) is 0 Å². The van der Waals surface area contributed by atoms with E-state index in [4.69, 9.17) is 11.6 Å². The van der Waals surface area contributed by atoms with Crippen LogP contribution in [0.25, 0.3) is 0 Å². The van der Waals surface area contributed by atoms with E-state index in [9.17, 15) is 0 Å². The maximum absolute atomic E-state index is 6.48. The van der Waals surface area contributed by atoms with Crippen molar-refractivity contribution in [2.45, 2.75) is 30.7 Å². The van der Waals surface area contributed by atoms with Gasteiger partial charge in [0.1, 0.15) is 0 Å². The molecular weight excluding hydrogens is 266 g/mol. The molecule has 0 heterocycles. The van der Waals surface area contributed by atoms with E-state index in [-0.39, 0.29) is 5.38 Å². The van der Waals surface area contributed by atoms with Crippen LogP contribution in [0.3, 0.4) is 0 Å². The van der Waals surface area contributed by atoms with Crippen molar-refractivity contribution in [3.8, 4) is 0 Å². The van der Waals surface area contributed by atoms with Crippen molar-refractivity contribution >= 4 is 11.6 Å². The zero-order valence-corrected chi connectivity index (χ0v) is 12.3. The predicted octanol–water partition coefficient (Wildman–Crippen LogP) is 4.11. The third-order valence-electron chi connectivity index (χ3n) is 4.02. The van der Waals surface area contributed by atoms with Gasteiger partial charge < -0.3 is 5.32 Å². The third kappa shape index (κ3) is 3.05. The summed E-state index contributed by atoms with van der Waals surface area (Å²) in [5.41, 5.74) is 4.18. The van der Waals surface area contributed by atoms with Crippen LogP contribution in [0.15, 0.2) is 54.6 Å². The molecule has 0 amide bonds. The molecule has 0 bridgehead atoms. The number of rotatable bonds is 5. The molecule has 20 heavy (non-hydrogen) atoms. The Bertz CT molecular complexity index is 552. The van der Waals surface area contributed by atoms with E-state index in [1.165, 1.54) is 16.7 Å². The van der Waals surface area contributed by atoms with E-state index < -0.39 is 0 Å². The number of benzene rings is 2. The molecule has 1 nitrogen and oxygen atoms in total. The van der Waals surface area contributed by atoms with Gasteiger partial charge in [-0.25, -0.2) is 0 Å². The average Bonchev–Trinajstić information content (AvgIpc) is 2.80. The molecule has 0 aliphatic heterocycles. The van der Waals surface area contributed by atoms with Crippen LogP contribution in [-0.2, 0) is 12.8 Å². The highest BCUT2D eigenvalue weighted by Crippen LogP contribution is 2.34. The Morgan fingerprint density at radius 3 is 2.60 bits per heavy atom. The number of nitrogens with one attached hydrogen (secondary N) is 1. The first kappa shape index (κ1) is 13.7. The first-order chi connectivity index (χ1) is 9.84. The van der Waals surface area contributed by atoms with Crippen LogP contribution in [0.4, 0.5) is 0 Å². The number of hydrogen-bond donors (Lipinski definition) is 1. The molecule has 1 aliphatic rings. The number of fused-ring (bicyclic) bond motifs is 1. The molecule has 3 rings (SSSR count). The summed E-state index contributed by atoms with van der Waals surface area (Å²) in [6, 6.07) is 19.5. The van der Waals surface area contributed by atoms with Crippen LogP contribution in [0.1, 0.15) is 29.2 Å². The molecular formula is C18H20ClN. The van der Waals surface area contributed by atoms with E-state index in [2.05, 4.69) is 59.9 Å². The van der Waals surface area contributed by atoms with E-state index in [1.54, 1.807) is 0 Å². The second-order valence-electron chi connectivity index (χ2n) is 5.44. The third-order valence-corrected chi connectivity index (χ3v) is 4.42. The summed E-state index contributed by atoms with van der Waals surface area (Å²) in [5.74, 6) is 0. The molecule has 0 fully saturated rings. The Morgan fingerprint density at radius 2 is 1.75 bits per heavy atom. The van der Waals surface area contributed by atoms with Crippen molar-refractivity contribution in [1.82, 2.24) is 5.32 Å². The molecule has 1 N–H and O–H groups in total. The van der Waals surface area contributed by atoms with Crippen molar-refractivity contribution in [2.75, 3.05) is 6.54 Å². The zero-order chi connectivity index (χ0) is 13.8. The fourth-order valence-electron chi connectivity index (χ4n) is 2.98. The monoisotopic (exact) mass is 285 g/mol. The second kappa shape index (κ2) is 6.43. The van der Waals surface area contributed by atoms with Gasteiger partial charge >= 0.3 is 0 Å². The van der Waals surface area contributed by atoms with E-state index in [0.717, 1.165) is 25.8 Å². The van der Waals surface area contributed by atoms with E-state index in [0.29, 0.717) is 6.04 Å². The maximum atomic E-state index is 6.48. The number of aryl methyl sites for hydroxylation is 1. The molecule has 1 aliphatic carbocycles. The molecule has 0 spiro atoms. The van der Waals surface area contributed by atoms with Gasteiger partial charge in [-0.15, -0.1) is 11.6 Å². The fourth-order valence-corrected chi connectivity index (χ4v) is 3.37. The van der Waals surface area contributed by atoms with Crippen molar-refractivity contribution in [2.24, 2.45) is 0 Å². The summed E-state index contributed by atoms with van der Waals surface area (Å²) in [6.45, 7) is 1.01. The summed E-state index contributed by atoms with van der Waals surface area (Å²) in [6.07, 6.45) is 3.25. The molecule has 0 saturated carbocycles. The van der Waals surface area contributed by atoms with Gasteiger partial charge in [-0.2, -0.15) is 0 Å². The molecule has 2 unspecified atom stereocenters. The number of hydrogen-bond acceptors (Lipinski definition) is 1. The molecule has 2 heteroatoms. The Kier molecular flexibility index (Phi) is 4.39. The maximum Gasteiger partial charge on any atom is 0.0571 e. The normalized spacial score (nSPS) is 20.9. The zero-order valence-electron chi connectivity index (χ0n) is 11.6. The summed E-state index contributed by atoms with van der Waals surface area (Å²) in [7, 11) is 0. The SMILES string of the molecule is ClC1Cc2ccccc2C1NCCCc1ccccc1. The highest BCUT2D eigenvalue weighted by Gasteiger charge is 2.29. The first-order valence-corrected chi connectivity index (χ1v) is 7.77. The summed E-state index contributed by atoms with van der Waals surface area (Å²) >= 11 is 6.48. The lowest BCUT2D eigenvalue weighted by Gasteiger charge is -2.17. The van der Waals surface area contributed by atoms with Gasteiger partial charge in [-0.3, -0.25) is 0 Å². The number of alkyl halides is 1. The molecule has 0 aromatic heterocycles. The number of halogens is 1. The molecule has 2 aromatic carbocycles. The second-order valence-corrected chi connectivity index (χ2v) is 6.00. The van der Waals surface area contributed by atoms with Crippen molar-refractivity contribution < 1.29 is 0 Å². The Morgan fingerprint density at radius 1 is 1.00 bits per heavy atom. The van der Waals surface area contributed by atoms with Crippen molar-refractivity contribution in [3.63, 3.8) is 0 Å². The highest BCUT2D eigenvalue weighted by molar-refractivity contribution is 6.21. The smallest absolute Gasteiger partial charge is 0.0571 e. The van der Waals surface area contributed by atoms with Gasteiger partial charge in [0, 0.05) is 6.04 Å². The Hall–Kier alpha value is -1.31. The van der Waals surface area contributed by atoms with Gasteiger partial charge in [-0.1, -0.05) is 54.6 Å². The summed E-state index contributed by atoms with van der Waals surface area (Å²) in [5, 5.41) is 3.81. The topological polar surface area (TPSA) is 12.0 Å². The minimum absolute atomic E-state index is 0.184. The quantitative estimate of drug-likeness (QED) is 0.644. The van der Waals surface area contributed by atoms with Crippen LogP contribution in [0.5, 0.6) is 0 Å². The average molecular weight is 286 g/mol. The van der Waals surface area contributed by atoms with Gasteiger partial charge in [0.2, 0.25) is 0 Å². The molecule has 0 radical (unpaired) electrons.